The highest BCUT2D eigenvalue weighted by atomic mass is 32.2. The average Bonchev–Trinajstić information content (AvgIpc) is 3.50. The zero-order chi connectivity index (χ0) is 22.2. The largest absolute Gasteiger partial charge is 0.456 e. The van der Waals surface area contributed by atoms with E-state index in [4.69, 9.17) is 4.42 Å². The van der Waals surface area contributed by atoms with Crippen LogP contribution in [0.15, 0.2) is 82.4 Å². The highest BCUT2D eigenvalue weighted by molar-refractivity contribution is 7.99. The first-order valence-corrected chi connectivity index (χ1v) is 12.0. The summed E-state index contributed by atoms with van der Waals surface area (Å²) in [6, 6.07) is 24.0. The normalized spacial score (nSPS) is 13.6. The molecule has 1 aliphatic carbocycles. The van der Waals surface area contributed by atoms with Crippen LogP contribution in [0, 0.1) is 0 Å². The van der Waals surface area contributed by atoms with E-state index in [1.54, 1.807) is 0 Å². The minimum absolute atomic E-state index is 0.0855. The molecule has 2 aromatic heterocycles. The lowest BCUT2D eigenvalue weighted by Gasteiger charge is -2.10. The summed E-state index contributed by atoms with van der Waals surface area (Å²) in [6.07, 6.45) is 2.31. The van der Waals surface area contributed by atoms with Crippen molar-refractivity contribution in [2.45, 2.75) is 30.5 Å². The number of hydrogen-bond donors (Lipinski definition) is 1. The summed E-state index contributed by atoms with van der Waals surface area (Å²) in [5.74, 6) is 1.69. The van der Waals surface area contributed by atoms with Gasteiger partial charge in [0.1, 0.15) is 17.0 Å². The summed E-state index contributed by atoms with van der Waals surface area (Å²) >= 11 is 1.42. The van der Waals surface area contributed by atoms with Crippen LogP contribution >= 0.6 is 11.8 Å². The number of carbonyl (C=O) groups is 1. The lowest BCUT2D eigenvalue weighted by atomic mass is 10.1. The second-order valence-electron chi connectivity index (χ2n) is 8.33. The number of furan rings is 1. The minimum atomic E-state index is -0.0855. The smallest absolute Gasteiger partial charge is 0.234 e. The lowest BCUT2D eigenvalue weighted by Crippen LogP contribution is -2.15. The second-order valence-corrected chi connectivity index (χ2v) is 9.28. The Hall–Kier alpha value is -3.58. The van der Waals surface area contributed by atoms with Gasteiger partial charge in [0.25, 0.3) is 0 Å². The fourth-order valence-electron chi connectivity index (χ4n) is 4.10. The summed E-state index contributed by atoms with van der Waals surface area (Å²) in [5.41, 5.74) is 3.52. The first-order valence-electron chi connectivity index (χ1n) is 11.1. The number of rotatable bonds is 7. The monoisotopic (exact) mass is 454 g/mol. The molecule has 33 heavy (non-hydrogen) atoms. The van der Waals surface area contributed by atoms with Crippen LogP contribution in [0.1, 0.15) is 30.1 Å². The van der Waals surface area contributed by atoms with Gasteiger partial charge in [-0.25, -0.2) is 0 Å². The van der Waals surface area contributed by atoms with E-state index >= 15 is 0 Å². The number of carbonyl (C=O) groups excluding carboxylic acids is 1. The SMILES string of the molecule is O=C(CSc1nnc(C2CC2)n1Cc1ccccc1)Nc1ccc2c(c1)oc1ccccc12. The molecule has 0 atom stereocenters. The van der Waals surface area contributed by atoms with Crippen LogP contribution < -0.4 is 5.32 Å². The van der Waals surface area contributed by atoms with Crippen LogP contribution in [0.4, 0.5) is 5.69 Å². The molecule has 7 heteroatoms. The molecule has 0 bridgehead atoms. The molecule has 0 aliphatic heterocycles. The van der Waals surface area contributed by atoms with Crippen LogP contribution in [-0.2, 0) is 11.3 Å². The van der Waals surface area contributed by atoms with Gasteiger partial charge in [-0.2, -0.15) is 0 Å². The third-order valence-corrected chi connectivity index (χ3v) is 6.83. The summed E-state index contributed by atoms with van der Waals surface area (Å²) < 4.78 is 8.09. The first-order chi connectivity index (χ1) is 16.2. The van der Waals surface area contributed by atoms with Crippen LogP contribution in [0.2, 0.25) is 0 Å². The molecule has 3 aromatic carbocycles. The van der Waals surface area contributed by atoms with Gasteiger partial charge in [0, 0.05) is 28.4 Å². The Balaban J connectivity index is 1.16. The summed E-state index contributed by atoms with van der Waals surface area (Å²) in [6.45, 7) is 0.715. The van der Waals surface area contributed by atoms with Crippen molar-refractivity contribution in [1.29, 1.82) is 0 Å². The summed E-state index contributed by atoms with van der Waals surface area (Å²) in [4.78, 5) is 12.7. The molecule has 0 spiro atoms. The molecule has 6 rings (SSSR count). The number of aromatic nitrogens is 3. The molecule has 1 aliphatic rings. The first kappa shape index (κ1) is 20.1. The Labute approximate surface area is 195 Å². The van der Waals surface area contributed by atoms with Gasteiger partial charge in [-0.3, -0.25) is 4.79 Å². The van der Waals surface area contributed by atoms with Gasteiger partial charge in [-0.15, -0.1) is 10.2 Å². The fraction of sp³-hybridized carbons (Fsp3) is 0.192. The Morgan fingerprint density at radius 2 is 1.76 bits per heavy atom. The molecule has 5 aromatic rings. The zero-order valence-corrected chi connectivity index (χ0v) is 18.7. The van der Waals surface area contributed by atoms with Gasteiger partial charge in [0.05, 0.1) is 12.3 Å². The highest BCUT2D eigenvalue weighted by Crippen LogP contribution is 2.40. The van der Waals surface area contributed by atoms with E-state index in [-0.39, 0.29) is 11.7 Å². The van der Waals surface area contributed by atoms with Crippen molar-refractivity contribution in [3.05, 3.63) is 84.2 Å². The highest BCUT2D eigenvalue weighted by Gasteiger charge is 2.30. The molecule has 1 fully saturated rings. The molecule has 0 radical (unpaired) electrons. The number of thioether (sulfide) groups is 1. The molecular weight excluding hydrogens is 432 g/mol. The molecule has 164 valence electrons. The number of amides is 1. The Kier molecular flexibility index (Phi) is 5.11. The zero-order valence-electron chi connectivity index (χ0n) is 17.9. The minimum Gasteiger partial charge on any atom is -0.456 e. The summed E-state index contributed by atoms with van der Waals surface area (Å²) in [7, 11) is 0. The summed E-state index contributed by atoms with van der Waals surface area (Å²) in [5, 5.41) is 14.7. The van der Waals surface area contributed by atoms with E-state index < -0.39 is 0 Å². The van der Waals surface area contributed by atoms with Crippen LogP contribution in [0.5, 0.6) is 0 Å². The van der Waals surface area contributed by atoms with E-state index in [0.717, 1.165) is 51.4 Å². The number of para-hydroxylation sites is 1. The van der Waals surface area contributed by atoms with Gasteiger partial charge in [0.15, 0.2) is 5.16 Å². The van der Waals surface area contributed by atoms with Gasteiger partial charge >= 0.3 is 0 Å². The van der Waals surface area contributed by atoms with Crippen molar-refractivity contribution in [1.82, 2.24) is 14.8 Å². The molecule has 1 N–H and O–H groups in total. The number of benzene rings is 3. The van der Waals surface area contributed by atoms with Crippen molar-refractivity contribution >= 4 is 45.3 Å². The number of fused-ring (bicyclic) bond motifs is 3. The molecule has 6 nitrogen and oxygen atoms in total. The van der Waals surface area contributed by atoms with Crippen molar-refractivity contribution in [2.75, 3.05) is 11.1 Å². The van der Waals surface area contributed by atoms with Gasteiger partial charge in [-0.1, -0.05) is 60.3 Å². The average molecular weight is 455 g/mol. The van der Waals surface area contributed by atoms with E-state index in [0.29, 0.717) is 12.5 Å². The van der Waals surface area contributed by atoms with E-state index in [2.05, 4.69) is 32.2 Å². The van der Waals surface area contributed by atoms with Crippen molar-refractivity contribution in [3.63, 3.8) is 0 Å². The number of nitrogens with one attached hydrogen (secondary N) is 1. The van der Waals surface area contributed by atoms with Crippen molar-refractivity contribution < 1.29 is 9.21 Å². The predicted molar refractivity (Wildman–Crippen MR) is 131 cm³/mol. The van der Waals surface area contributed by atoms with E-state index in [1.807, 2.05) is 60.7 Å². The van der Waals surface area contributed by atoms with Gasteiger partial charge < -0.3 is 14.3 Å². The Morgan fingerprint density at radius 1 is 0.970 bits per heavy atom. The predicted octanol–water partition coefficient (Wildman–Crippen LogP) is 5.83. The van der Waals surface area contributed by atoms with Crippen molar-refractivity contribution in [2.24, 2.45) is 0 Å². The fourth-order valence-corrected chi connectivity index (χ4v) is 4.84. The molecule has 0 saturated heterocycles. The van der Waals surface area contributed by atoms with E-state index in [1.165, 1.54) is 17.3 Å². The van der Waals surface area contributed by atoms with Crippen LogP contribution in [0.3, 0.4) is 0 Å². The van der Waals surface area contributed by atoms with E-state index in [9.17, 15) is 4.79 Å². The number of hydrogen-bond acceptors (Lipinski definition) is 5. The van der Waals surface area contributed by atoms with Crippen molar-refractivity contribution in [3.8, 4) is 0 Å². The number of nitrogens with zero attached hydrogens (tertiary/aromatic N) is 3. The quantitative estimate of drug-likeness (QED) is 0.313. The molecule has 0 unspecified atom stereocenters. The standard InChI is InChI=1S/C26H22N4O2S/c31-24(27-19-12-13-21-20-8-4-5-9-22(20)32-23(21)14-19)16-33-26-29-28-25(18-10-11-18)30(26)15-17-6-2-1-3-7-17/h1-9,12-14,18H,10-11,15-16H2,(H,27,31). The van der Waals surface area contributed by atoms with Gasteiger partial charge in [0.2, 0.25) is 5.91 Å². The lowest BCUT2D eigenvalue weighted by molar-refractivity contribution is -0.113. The number of anilines is 1. The second kappa shape index (κ2) is 8.41. The maximum Gasteiger partial charge on any atom is 0.234 e. The van der Waals surface area contributed by atoms with Crippen LogP contribution in [0.25, 0.3) is 21.9 Å². The molecule has 2 heterocycles. The molecular formula is C26H22N4O2S. The maximum atomic E-state index is 12.7. The Bertz CT molecular complexity index is 1450. The molecule has 1 saturated carbocycles. The maximum absolute atomic E-state index is 12.7. The van der Waals surface area contributed by atoms with Gasteiger partial charge in [-0.05, 0) is 36.6 Å². The topological polar surface area (TPSA) is 73.0 Å². The molecule has 1 amide bonds. The third kappa shape index (κ3) is 4.12. The third-order valence-electron chi connectivity index (χ3n) is 5.87. The van der Waals surface area contributed by atoms with Crippen LogP contribution in [-0.4, -0.2) is 26.4 Å². The Morgan fingerprint density at radius 3 is 2.61 bits per heavy atom.